The number of hydrogen-bond donors (Lipinski definition) is 2. The van der Waals surface area contributed by atoms with Gasteiger partial charge in [-0.1, -0.05) is 30.3 Å². The molecule has 18 heavy (non-hydrogen) atoms. The van der Waals surface area contributed by atoms with Gasteiger partial charge in [-0.05, 0) is 24.7 Å². The highest BCUT2D eigenvalue weighted by atomic mass is 32.1. The number of nitrogens with one attached hydrogen (secondary N) is 1. The van der Waals surface area contributed by atoms with Gasteiger partial charge in [-0.2, -0.15) is 5.10 Å². The minimum Gasteiger partial charge on any atom is -0.465 e. The predicted molar refractivity (Wildman–Crippen MR) is 74.2 cm³/mol. The van der Waals surface area contributed by atoms with Crippen molar-refractivity contribution in [1.29, 1.82) is 0 Å². The Morgan fingerprint density at radius 1 is 1.56 bits per heavy atom. The molecule has 0 spiro atoms. The van der Waals surface area contributed by atoms with E-state index in [2.05, 4.69) is 22.7 Å². The Hall–Kier alpha value is -1.95. The number of ether oxygens (including phenoxy) is 1. The molecule has 0 fully saturated rings. The molecule has 0 heterocycles. The Balaban J connectivity index is 2.85. The van der Waals surface area contributed by atoms with Crippen molar-refractivity contribution in [2.45, 2.75) is 12.8 Å². The van der Waals surface area contributed by atoms with E-state index < -0.39 is 5.92 Å². The molecule has 3 N–H and O–H groups in total. The number of carbonyl (C=O) groups excluding carboxylic acids is 1. The van der Waals surface area contributed by atoms with Crippen molar-refractivity contribution < 1.29 is 9.53 Å². The van der Waals surface area contributed by atoms with Gasteiger partial charge in [-0.15, -0.1) is 0 Å². The molecule has 1 aromatic carbocycles. The van der Waals surface area contributed by atoms with Gasteiger partial charge in [0.25, 0.3) is 0 Å². The maximum atomic E-state index is 11.8. The highest BCUT2D eigenvalue weighted by molar-refractivity contribution is 7.80. The molecule has 0 bridgehead atoms. The molecule has 0 saturated carbocycles. The second-order valence-electron chi connectivity index (χ2n) is 3.39. The highest BCUT2D eigenvalue weighted by Crippen LogP contribution is 2.15. The number of thiocarbonyl (C=S) groups is 1. The molecule has 1 rings (SSSR count). The van der Waals surface area contributed by atoms with Crippen LogP contribution in [0.3, 0.4) is 0 Å². The number of rotatable bonds is 5. The molecule has 0 amide bonds. The first-order valence-electron chi connectivity index (χ1n) is 5.45. The van der Waals surface area contributed by atoms with Crippen LogP contribution in [0.15, 0.2) is 35.4 Å². The smallest absolute Gasteiger partial charge is 0.318 e. The quantitative estimate of drug-likeness (QED) is 0.361. The van der Waals surface area contributed by atoms with E-state index in [4.69, 9.17) is 10.5 Å². The molecule has 5 nitrogen and oxygen atoms in total. The van der Waals surface area contributed by atoms with Gasteiger partial charge in [0.05, 0.1) is 6.61 Å². The third kappa shape index (κ3) is 4.50. The van der Waals surface area contributed by atoms with Crippen LogP contribution in [0.1, 0.15) is 18.4 Å². The first-order chi connectivity index (χ1) is 8.65. The van der Waals surface area contributed by atoms with Crippen LogP contribution in [0.25, 0.3) is 0 Å². The zero-order valence-corrected chi connectivity index (χ0v) is 10.8. The van der Waals surface area contributed by atoms with Crippen LogP contribution in [0, 0.1) is 0 Å². The van der Waals surface area contributed by atoms with Gasteiger partial charge in [0.1, 0.15) is 5.92 Å². The van der Waals surface area contributed by atoms with E-state index in [9.17, 15) is 4.79 Å². The molecule has 96 valence electrons. The Kier molecular flexibility index (Phi) is 5.79. The topological polar surface area (TPSA) is 76.7 Å². The monoisotopic (exact) mass is 265 g/mol. The standard InChI is InChI=1S/C12H15N3O2S/c1-2-17-11(16)10(8-14-15-12(13)18)9-6-4-3-5-7-9/h3-8,10H,2H2,1H3,(H3,13,15,18). The van der Waals surface area contributed by atoms with E-state index in [-0.39, 0.29) is 11.1 Å². The zero-order valence-electron chi connectivity index (χ0n) is 10.00. The second kappa shape index (κ2) is 7.39. The molecule has 0 aliphatic carbocycles. The molecule has 1 unspecified atom stereocenters. The summed E-state index contributed by atoms with van der Waals surface area (Å²) in [6, 6.07) is 9.21. The Bertz CT molecular complexity index is 434. The van der Waals surface area contributed by atoms with Crippen molar-refractivity contribution in [1.82, 2.24) is 5.43 Å². The first kappa shape index (κ1) is 14.1. The van der Waals surface area contributed by atoms with Crippen molar-refractivity contribution in [3.8, 4) is 0 Å². The van der Waals surface area contributed by atoms with Gasteiger partial charge in [0.15, 0.2) is 5.11 Å². The maximum absolute atomic E-state index is 11.8. The fourth-order valence-corrected chi connectivity index (χ4v) is 1.40. The summed E-state index contributed by atoms with van der Waals surface area (Å²) >= 11 is 4.62. The number of nitrogens with zero attached hydrogens (tertiary/aromatic N) is 1. The van der Waals surface area contributed by atoms with Gasteiger partial charge in [-0.3, -0.25) is 10.2 Å². The normalized spacial score (nSPS) is 12.1. The van der Waals surface area contributed by atoms with E-state index in [1.165, 1.54) is 6.21 Å². The summed E-state index contributed by atoms with van der Waals surface area (Å²) in [5, 5.41) is 3.85. The van der Waals surface area contributed by atoms with Crippen molar-refractivity contribution in [2.75, 3.05) is 6.61 Å². The lowest BCUT2D eigenvalue weighted by Gasteiger charge is -2.11. The Morgan fingerprint density at radius 3 is 2.78 bits per heavy atom. The van der Waals surface area contributed by atoms with Crippen LogP contribution in [0.4, 0.5) is 0 Å². The van der Waals surface area contributed by atoms with Crippen LogP contribution in [0.5, 0.6) is 0 Å². The third-order valence-corrected chi connectivity index (χ3v) is 2.19. The average Bonchev–Trinajstić information content (AvgIpc) is 2.35. The van der Waals surface area contributed by atoms with Crippen molar-refractivity contribution >= 4 is 29.5 Å². The second-order valence-corrected chi connectivity index (χ2v) is 3.83. The molecule has 0 aromatic heterocycles. The summed E-state index contributed by atoms with van der Waals surface area (Å²) in [5.74, 6) is -0.940. The van der Waals surface area contributed by atoms with Crippen LogP contribution in [0.2, 0.25) is 0 Å². The number of benzene rings is 1. The minimum atomic E-state index is -0.576. The average molecular weight is 265 g/mol. The Morgan fingerprint density at radius 2 is 2.22 bits per heavy atom. The molecule has 6 heteroatoms. The van der Waals surface area contributed by atoms with Gasteiger partial charge >= 0.3 is 5.97 Å². The molecular formula is C12H15N3O2S. The largest absolute Gasteiger partial charge is 0.465 e. The minimum absolute atomic E-state index is 0.0434. The molecule has 0 radical (unpaired) electrons. The summed E-state index contributed by atoms with van der Waals surface area (Å²) in [6.45, 7) is 2.07. The summed E-state index contributed by atoms with van der Waals surface area (Å²) in [6.07, 6.45) is 1.42. The summed E-state index contributed by atoms with van der Waals surface area (Å²) in [7, 11) is 0. The summed E-state index contributed by atoms with van der Waals surface area (Å²) in [5.41, 5.74) is 8.45. The van der Waals surface area contributed by atoms with Gasteiger partial charge < -0.3 is 10.5 Å². The molecule has 1 atom stereocenters. The number of nitrogens with two attached hydrogens (primary N) is 1. The lowest BCUT2D eigenvalue weighted by Crippen LogP contribution is -2.25. The number of hydrazone groups is 1. The molecule has 0 aliphatic heterocycles. The number of hydrogen-bond acceptors (Lipinski definition) is 4. The summed E-state index contributed by atoms with van der Waals surface area (Å²) in [4.78, 5) is 11.8. The van der Waals surface area contributed by atoms with E-state index >= 15 is 0 Å². The van der Waals surface area contributed by atoms with Crippen LogP contribution >= 0.6 is 12.2 Å². The molecular weight excluding hydrogens is 250 g/mol. The van der Waals surface area contributed by atoms with Crippen LogP contribution < -0.4 is 11.2 Å². The SMILES string of the molecule is CCOC(=O)C(C=NNC(N)=S)c1ccccc1. The van der Waals surface area contributed by atoms with Crippen molar-refractivity contribution in [2.24, 2.45) is 10.8 Å². The lowest BCUT2D eigenvalue weighted by atomic mass is 10.0. The fourth-order valence-electron chi connectivity index (χ4n) is 1.35. The van der Waals surface area contributed by atoms with E-state index in [1.807, 2.05) is 30.3 Å². The summed E-state index contributed by atoms with van der Waals surface area (Å²) < 4.78 is 4.99. The van der Waals surface area contributed by atoms with E-state index in [0.29, 0.717) is 6.61 Å². The van der Waals surface area contributed by atoms with E-state index in [0.717, 1.165) is 5.56 Å². The number of carbonyl (C=O) groups is 1. The predicted octanol–water partition coefficient (Wildman–Crippen LogP) is 1.15. The van der Waals surface area contributed by atoms with Crippen molar-refractivity contribution in [3.63, 3.8) is 0 Å². The third-order valence-electron chi connectivity index (χ3n) is 2.10. The first-order valence-corrected chi connectivity index (χ1v) is 5.86. The maximum Gasteiger partial charge on any atom is 0.318 e. The van der Waals surface area contributed by atoms with Gasteiger partial charge in [0.2, 0.25) is 0 Å². The highest BCUT2D eigenvalue weighted by Gasteiger charge is 2.19. The molecule has 0 saturated heterocycles. The molecule has 1 aromatic rings. The van der Waals surface area contributed by atoms with Gasteiger partial charge in [-0.25, -0.2) is 0 Å². The molecule has 0 aliphatic rings. The zero-order chi connectivity index (χ0) is 13.4. The number of esters is 1. The lowest BCUT2D eigenvalue weighted by molar-refractivity contribution is -0.143. The van der Waals surface area contributed by atoms with Crippen LogP contribution in [-0.2, 0) is 9.53 Å². The fraction of sp³-hybridized carbons (Fsp3) is 0.250. The van der Waals surface area contributed by atoms with Crippen LogP contribution in [-0.4, -0.2) is 23.9 Å². The Labute approximate surface area is 111 Å². The van der Waals surface area contributed by atoms with Gasteiger partial charge in [0, 0.05) is 6.21 Å². The van der Waals surface area contributed by atoms with Crippen molar-refractivity contribution in [3.05, 3.63) is 35.9 Å². The van der Waals surface area contributed by atoms with E-state index in [1.54, 1.807) is 6.92 Å².